The van der Waals surface area contributed by atoms with Crippen LogP contribution in [0.4, 0.5) is 15.8 Å². The van der Waals surface area contributed by atoms with Gasteiger partial charge in [0.2, 0.25) is 0 Å². The summed E-state index contributed by atoms with van der Waals surface area (Å²) in [6.07, 6.45) is 3.73. The van der Waals surface area contributed by atoms with Gasteiger partial charge in [-0.05, 0) is 31.4 Å². The Bertz CT molecular complexity index is 716. The number of aliphatic hydroxyl groups is 1. The number of anilines is 1. The van der Waals surface area contributed by atoms with Gasteiger partial charge in [-0.25, -0.2) is 4.39 Å². The number of hydrogen-bond acceptors (Lipinski definition) is 5. The minimum Gasteiger partial charge on any atom is -0.388 e. The molecule has 1 heterocycles. The number of fused-ring (bicyclic) bond motifs is 1. The van der Waals surface area contributed by atoms with Crippen molar-refractivity contribution >= 4 is 22.3 Å². The largest absolute Gasteiger partial charge is 0.388 e. The second kappa shape index (κ2) is 4.92. The molecular formula is C14H14FN3O3. The molecule has 21 heavy (non-hydrogen) atoms. The highest BCUT2D eigenvalue weighted by molar-refractivity contribution is 5.97. The Hall–Kier alpha value is -2.28. The van der Waals surface area contributed by atoms with E-state index < -0.39 is 16.3 Å². The molecule has 0 atom stereocenters. The van der Waals surface area contributed by atoms with Crippen molar-refractivity contribution in [3.8, 4) is 0 Å². The van der Waals surface area contributed by atoms with E-state index >= 15 is 0 Å². The molecule has 1 fully saturated rings. The van der Waals surface area contributed by atoms with Crippen molar-refractivity contribution in [2.75, 3.05) is 11.9 Å². The number of nitro groups is 1. The highest BCUT2D eigenvalue weighted by Crippen LogP contribution is 2.35. The maximum atomic E-state index is 14.1. The van der Waals surface area contributed by atoms with Gasteiger partial charge in [0.1, 0.15) is 5.52 Å². The Labute approximate surface area is 119 Å². The van der Waals surface area contributed by atoms with Crippen LogP contribution in [0.2, 0.25) is 0 Å². The summed E-state index contributed by atoms with van der Waals surface area (Å²) in [6.45, 7) is 0.202. The van der Waals surface area contributed by atoms with E-state index in [4.69, 9.17) is 0 Å². The van der Waals surface area contributed by atoms with Gasteiger partial charge >= 0.3 is 0 Å². The summed E-state index contributed by atoms with van der Waals surface area (Å²) in [5.74, 6) is -0.740. The Morgan fingerprint density at radius 3 is 2.90 bits per heavy atom. The molecule has 2 N–H and O–H groups in total. The second-order valence-corrected chi connectivity index (χ2v) is 5.34. The molecule has 1 aliphatic carbocycles. The quantitative estimate of drug-likeness (QED) is 0.667. The van der Waals surface area contributed by atoms with E-state index in [1.54, 1.807) is 6.07 Å². The van der Waals surface area contributed by atoms with Crippen molar-refractivity contribution in [3.05, 3.63) is 40.3 Å². The van der Waals surface area contributed by atoms with Gasteiger partial charge in [-0.3, -0.25) is 15.1 Å². The summed E-state index contributed by atoms with van der Waals surface area (Å²) in [5.41, 5.74) is -0.845. The van der Waals surface area contributed by atoms with Crippen LogP contribution in [0, 0.1) is 15.9 Å². The molecule has 0 radical (unpaired) electrons. The van der Waals surface area contributed by atoms with Crippen LogP contribution in [0.25, 0.3) is 10.9 Å². The van der Waals surface area contributed by atoms with Crippen LogP contribution in [-0.2, 0) is 0 Å². The minimum atomic E-state index is -0.824. The Morgan fingerprint density at radius 2 is 2.29 bits per heavy atom. The molecule has 0 aliphatic heterocycles. The number of halogens is 1. The van der Waals surface area contributed by atoms with Crippen LogP contribution in [-0.4, -0.2) is 27.2 Å². The van der Waals surface area contributed by atoms with E-state index in [0.29, 0.717) is 12.8 Å². The lowest BCUT2D eigenvalue weighted by Crippen LogP contribution is -2.43. The Kier molecular flexibility index (Phi) is 3.21. The average molecular weight is 291 g/mol. The number of benzene rings is 1. The van der Waals surface area contributed by atoms with Crippen molar-refractivity contribution in [1.29, 1.82) is 0 Å². The lowest BCUT2D eigenvalue weighted by Gasteiger charge is -2.36. The van der Waals surface area contributed by atoms with E-state index in [1.165, 1.54) is 12.3 Å². The van der Waals surface area contributed by atoms with Crippen molar-refractivity contribution in [2.45, 2.75) is 24.9 Å². The van der Waals surface area contributed by atoms with E-state index in [2.05, 4.69) is 10.3 Å². The number of hydrogen-bond donors (Lipinski definition) is 2. The van der Waals surface area contributed by atoms with Crippen molar-refractivity contribution in [3.63, 3.8) is 0 Å². The zero-order valence-electron chi connectivity index (χ0n) is 11.2. The standard InChI is InChI=1S/C14H14FN3O3/c15-10-7-11(18(20)21)9-3-1-6-16-12(9)13(10)17-8-14(19)4-2-5-14/h1,3,6-7,17,19H,2,4-5,8H2. The monoisotopic (exact) mass is 291 g/mol. The fraction of sp³-hybridized carbons (Fsp3) is 0.357. The van der Waals surface area contributed by atoms with Crippen LogP contribution < -0.4 is 5.32 Å². The summed E-state index contributed by atoms with van der Waals surface area (Å²) >= 11 is 0. The summed E-state index contributed by atoms with van der Waals surface area (Å²) in [7, 11) is 0. The van der Waals surface area contributed by atoms with Crippen molar-refractivity contribution < 1.29 is 14.4 Å². The fourth-order valence-electron chi connectivity index (χ4n) is 2.53. The van der Waals surface area contributed by atoms with Gasteiger partial charge in [0.15, 0.2) is 5.82 Å². The normalized spacial score (nSPS) is 16.5. The minimum absolute atomic E-state index is 0.0940. The number of pyridine rings is 1. The second-order valence-electron chi connectivity index (χ2n) is 5.34. The molecule has 0 saturated heterocycles. The van der Waals surface area contributed by atoms with Crippen LogP contribution in [0.1, 0.15) is 19.3 Å². The Morgan fingerprint density at radius 1 is 1.52 bits per heavy atom. The van der Waals surface area contributed by atoms with Gasteiger partial charge in [-0.15, -0.1) is 0 Å². The number of non-ortho nitro benzene ring substituents is 1. The molecular weight excluding hydrogens is 277 g/mol. The number of nitro benzene ring substituents is 1. The third-order valence-corrected chi connectivity index (χ3v) is 3.90. The molecule has 0 amide bonds. The lowest BCUT2D eigenvalue weighted by atomic mass is 9.80. The van der Waals surface area contributed by atoms with E-state index in [1.807, 2.05) is 0 Å². The highest BCUT2D eigenvalue weighted by atomic mass is 19.1. The van der Waals surface area contributed by atoms with Gasteiger partial charge in [-0.1, -0.05) is 0 Å². The molecule has 0 spiro atoms. The molecule has 0 bridgehead atoms. The molecule has 110 valence electrons. The maximum Gasteiger partial charge on any atom is 0.281 e. The predicted molar refractivity (Wildman–Crippen MR) is 75.6 cm³/mol. The van der Waals surface area contributed by atoms with Gasteiger partial charge in [0, 0.05) is 12.7 Å². The van der Waals surface area contributed by atoms with E-state index in [-0.39, 0.29) is 28.8 Å². The number of nitrogens with one attached hydrogen (secondary N) is 1. The van der Waals surface area contributed by atoms with Crippen LogP contribution in [0.5, 0.6) is 0 Å². The first-order valence-corrected chi connectivity index (χ1v) is 6.68. The molecule has 3 rings (SSSR count). The number of aromatic nitrogens is 1. The van der Waals surface area contributed by atoms with Crippen LogP contribution in [0.15, 0.2) is 24.4 Å². The molecule has 7 heteroatoms. The topological polar surface area (TPSA) is 88.3 Å². The van der Waals surface area contributed by atoms with Crippen LogP contribution >= 0.6 is 0 Å². The average Bonchev–Trinajstić information content (AvgIpc) is 2.43. The highest BCUT2D eigenvalue weighted by Gasteiger charge is 2.34. The first-order valence-electron chi connectivity index (χ1n) is 6.68. The fourth-order valence-corrected chi connectivity index (χ4v) is 2.53. The van der Waals surface area contributed by atoms with Gasteiger partial charge in [0.05, 0.1) is 27.7 Å². The summed E-state index contributed by atoms with van der Waals surface area (Å²) in [4.78, 5) is 14.4. The van der Waals surface area contributed by atoms with Crippen molar-refractivity contribution in [2.24, 2.45) is 0 Å². The van der Waals surface area contributed by atoms with Crippen molar-refractivity contribution in [1.82, 2.24) is 4.98 Å². The molecule has 0 unspecified atom stereocenters. The molecule has 6 nitrogen and oxygen atoms in total. The molecule has 2 aromatic rings. The first kappa shape index (κ1) is 13.7. The predicted octanol–water partition coefficient (Wildman–Crippen LogP) is 2.61. The molecule has 1 aliphatic rings. The Balaban J connectivity index is 2.03. The number of nitrogens with zero attached hydrogens (tertiary/aromatic N) is 2. The van der Waals surface area contributed by atoms with Gasteiger partial charge in [0.25, 0.3) is 5.69 Å². The third-order valence-electron chi connectivity index (χ3n) is 3.90. The zero-order chi connectivity index (χ0) is 15.0. The maximum absolute atomic E-state index is 14.1. The lowest BCUT2D eigenvalue weighted by molar-refractivity contribution is -0.383. The summed E-state index contributed by atoms with van der Waals surface area (Å²) < 4.78 is 14.1. The number of rotatable bonds is 4. The molecule has 1 aromatic carbocycles. The molecule has 1 aromatic heterocycles. The SMILES string of the molecule is O=[N+]([O-])c1cc(F)c(NCC2(O)CCC2)c2ncccc12. The smallest absolute Gasteiger partial charge is 0.281 e. The summed E-state index contributed by atoms with van der Waals surface area (Å²) in [5, 5.41) is 24.2. The van der Waals surface area contributed by atoms with E-state index in [0.717, 1.165) is 12.5 Å². The first-order chi connectivity index (χ1) is 10.0. The van der Waals surface area contributed by atoms with E-state index in [9.17, 15) is 19.6 Å². The van der Waals surface area contributed by atoms with Gasteiger partial charge < -0.3 is 10.4 Å². The van der Waals surface area contributed by atoms with Crippen LogP contribution in [0.3, 0.4) is 0 Å². The zero-order valence-corrected chi connectivity index (χ0v) is 11.2. The summed E-state index contributed by atoms with van der Waals surface area (Å²) in [6, 6.07) is 3.98. The molecule has 1 saturated carbocycles. The third kappa shape index (κ3) is 2.40. The van der Waals surface area contributed by atoms with Gasteiger partial charge in [-0.2, -0.15) is 0 Å².